The SMILES string of the molecule is Cc1cccc(C2CCN(S(=O)(=O)N3CCOCC3)CC2)n1. The number of hydrogen-bond donors (Lipinski definition) is 0. The number of hydrogen-bond acceptors (Lipinski definition) is 4. The molecule has 2 aliphatic rings. The van der Waals surface area contributed by atoms with Crippen molar-refractivity contribution in [3.8, 4) is 0 Å². The van der Waals surface area contributed by atoms with Crippen LogP contribution in [0.5, 0.6) is 0 Å². The largest absolute Gasteiger partial charge is 0.379 e. The monoisotopic (exact) mass is 325 g/mol. The highest BCUT2D eigenvalue weighted by atomic mass is 32.2. The van der Waals surface area contributed by atoms with Crippen molar-refractivity contribution in [1.29, 1.82) is 0 Å². The highest BCUT2D eigenvalue weighted by Crippen LogP contribution is 2.28. The third kappa shape index (κ3) is 3.32. The van der Waals surface area contributed by atoms with E-state index in [1.807, 2.05) is 25.1 Å². The Morgan fingerprint density at radius 3 is 2.36 bits per heavy atom. The number of rotatable bonds is 3. The minimum Gasteiger partial charge on any atom is -0.379 e. The number of pyridine rings is 1. The van der Waals surface area contributed by atoms with Gasteiger partial charge in [0.25, 0.3) is 10.2 Å². The van der Waals surface area contributed by atoms with E-state index in [0.717, 1.165) is 24.2 Å². The number of nitrogens with zero attached hydrogens (tertiary/aromatic N) is 3. The molecule has 22 heavy (non-hydrogen) atoms. The van der Waals surface area contributed by atoms with Crippen molar-refractivity contribution in [3.05, 3.63) is 29.6 Å². The van der Waals surface area contributed by atoms with Crippen LogP contribution in [-0.2, 0) is 14.9 Å². The summed E-state index contributed by atoms with van der Waals surface area (Å²) in [6, 6.07) is 6.06. The second kappa shape index (κ2) is 6.62. The van der Waals surface area contributed by atoms with Gasteiger partial charge in [-0.2, -0.15) is 17.0 Å². The maximum absolute atomic E-state index is 12.6. The van der Waals surface area contributed by atoms with Gasteiger partial charge in [0.05, 0.1) is 13.2 Å². The molecule has 0 atom stereocenters. The van der Waals surface area contributed by atoms with Crippen molar-refractivity contribution >= 4 is 10.2 Å². The molecule has 3 heterocycles. The molecule has 3 rings (SSSR count). The van der Waals surface area contributed by atoms with E-state index in [2.05, 4.69) is 4.98 Å². The summed E-state index contributed by atoms with van der Waals surface area (Å²) in [5.74, 6) is 0.357. The molecule has 2 fully saturated rings. The van der Waals surface area contributed by atoms with Crippen LogP contribution < -0.4 is 0 Å². The molecule has 2 aliphatic heterocycles. The van der Waals surface area contributed by atoms with Crippen LogP contribution in [0.1, 0.15) is 30.1 Å². The van der Waals surface area contributed by atoms with Crippen molar-refractivity contribution in [2.24, 2.45) is 0 Å². The van der Waals surface area contributed by atoms with E-state index in [1.165, 1.54) is 0 Å². The lowest BCUT2D eigenvalue weighted by molar-refractivity contribution is 0.0696. The summed E-state index contributed by atoms with van der Waals surface area (Å²) >= 11 is 0. The second-order valence-corrected chi connectivity index (χ2v) is 7.82. The van der Waals surface area contributed by atoms with Crippen LogP contribution in [0.3, 0.4) is 0 Å². The molecule has 0 bridgehead atoms. The van der Waals surface area contributed by atoms with Crippen LogP contribution in [0.4, 0.5) is 0 Å². The molecule has 0 radical (unpaired) electrons. The van der Waals surface area contributed by atoms with Crippen LogP contribution in [0.2, 0.25) is 0 Å². The predicted octanol–water partition coefficient (Wildman–Crippen LogP) is 1.15. The Morgan fingerprint density at radius 1 is 1.09 bits per heavy atom. The van der Waals surface area contributed by atoms with Gasteiger partial charge in [0, 0.05) is 43.5 Å². The molecule has 0 N–H and O–H groups in total. The maximum atomic E-state index is 12.6. The molecule has 0 aromatic carbocycles. The average Bonchev–Trinajstić information content (AvgIpc) is 2.56. The quantitative estimate of drug-likeness (QED) is 0.836. The fourth-order valence-corrected chi connectivity index (χ4v) is 4.72. The number of piperidine rings is 1. The molecule has 6 nitrogen and oxygen atoms in total. The first-order valence-electron chi connectivity index (χ1n) is 7.84. The molecular formula is C15H23N3O3S. The van der Waals surface area contributed by atoms with E-state index < -0.39 is 10.2 Å². The zero-order valence-electron chi connectivity index (χ0n) is 12.9. The van der Waals surface area contributed by atoms with Crippen molar-refractivity contribution in [1.82, 2.24) is 13.6 Å². The lowest BCUT2D eigenvalue weighted by atomic mass is 9.94. The molecule has 0 spiro atoms. The van der Waals surface area contributed by atoms with Gasteiger partial charge in [-0.3, -0.25) is 4.98 Å². The average molecular weight is 325 g/mol. The minimum absolute atomic E-state index is 0.357. The topological polar surface area (TPSA) is 62.7 Å². The van der Waals surface area contributed by atoms with Crippen molar-refractivity contribution in [2.75, 3.05) is 39.4 Å². The Balaban J connectivity index is 1.63. The van der Waals surface area contributed by atoms with E-state index in [0.29, 0.717) is 45.3 Å². The molecule has 0 saturated carbocycles. The summed E-state index contributed by atoms with van der Waals surface area (Å²) in [7, 11) is -3.33. The Kier molecular flexibility index (Phi) is 4.77. The first kappa shape index (κ1) is 15.9. The fraction of sp³-hybridized carbons (Fsp3) is 0.667. The van der Waals surface area contributed by atoms with Gasteiger partial charge in [-0.05, 0) is 31.9 Å². The van der Waals surface area contributed by atoms with Crippen LogP contribution >= 0.6 is 0 Å². The molecular weight excluding hydrogens is 302 g/mol. The lowest BCUT2D eigenvalue weighted by Crippen LogP contribution is -2.50. The Hall–Kier alpha value is -1.02. The van der Waals surface area contributed by atoms with Gasteiger partial charge in [-0.1, -0.05) is 6.07 Å². The van der Waals surface area contributed by atoms with Crippen molar-refractivity contribution in [2.45, 2.75) is 25.7 Å². The Morgan fingerprint density at radius 2 is 1.73 bits per heavy atom. The van der Waals surface area contributed by atoms with Crippen molar-refractivity contribution in [3.63, 3.8) is 0 Å². The highest BCUT2D eigenvalue weighted by Gasteiger charge is 2.34. The van der Waals surface area contributed by atoms with E-state index >= 15 is 0 Å². The number of ether oxygens (including phenoxy) is 1. The summed E-state index contributed by atoms with van der Waals surface area (Å²) in [5.41, 5.74) is 2.10. The van der Waals surface area contributed by atoms with Crippen LogP contribution in [0, 0.1) is 6.92 Å². The van der Waals surface area contributed by atoms with Gasteiger partial charge in [-0.25, -0.2) is 0 Å². The van der Waals surface area contributed by atoms with Crippen LogP contribution in [0.15, 0.2) is 18.2 Å². The van der Waals surface area contributed by atoms with E-state index in [4.69, 9.17) is 4.74 Å². The molecule has 7 heteroatoms. The first-order valence-corrected chi connectivity index (χ1v) is 9.23. The molecule has 2 saturated heterocycles. The standard InChI is InChI=1S/C15H23N3O3S/c1-13-3-2-4-15(16-13)14-5-7-17(8-6-14)22(19,20)18-9-11-21-12-10-18/h2-4,14H,5-12H2,1H3. The van der Waals surface area contributed by atoms with Crippen LogP contribution in [-0.4, -0.2) is 61.4 Å². The molecule has 0 aliphatic carbocycles. The normalized spacial score (nSPS) is 22.8. The predicted molar refractivity (Wildman–Crippen MR) is 83.8 cm³/mol. The molecule has 122 valence electrons. The van der Waals surface area contributed by atoms with Crippen LogP contribution in [0.25, 0.3) is 0 Å². The second-order valence-electron chi connectivity index (χ2n) is 5.90. The number of aryl methyl sites for hydroxylation is 1. The number of aromatic nitrogens is 1. The summed E-state index contributed by atoms with van der Waals surface area (Å²) in [4.78, 5) is 4.58. The molecule has 1 aromatic rings. The molecule has 1 aromatic heterocycles. The molecule has 0 unspecified atom stereocenters. The van der Waals surface area contributed by atoms with Gasteiger partial charge in [0.2, 0.25) is 0 Å². The van der Waals surface area contributed by atoms with Gasteiger partial charge < -0.3 is 4.74 Å². The maximum Gasteiger partial charge on any atom is 0.282 e. The first-order chi connectivity index (χ1) is 10.6. The third-order valence-corrected chi connectivity index (χ3v) is 6.44. The zero-order chi connectivity index (χ0) is 15.6. The van der Waals surface area contributed by atoms with Gasteiger partial charge in [-0.15, -0.1) is 0 Å². The Bertz CT molecular complexity index is 606. The molecule has 0 amide bonds. The van der Waals surface area contributed by atoms with E-state index in [-0.39, 0.29) is 0 Å². The highest BCUT2D eigenvalue weighted by molar-refractivity contribution is 7.86. The number of morpholine rings is 1. The summed E-state index contributed by atoms with van der Waals surface area (Å²) in [6.07, 6.45) is 1.67. The van der Waals surface area contributed by atoms with Gasteiger partial charge in [0.15, 0.2) is 0 Å². The lowest BCUT2D eigenvalue weighted by Gasteiger charge is -2.36. The summed E-state index contributed by atoms with van der Waals surface area (Å²) in [6.45, 7) is 5.02. The third-order valence-electron chi connectivity index (χ3n) is 4.40. The zero-order valence-corrected chi connectivity index (χ0v) is 13.8. The fourth-order valence-electron chi connectivity index (χ4n) is 3.11. The van der Waals surface area contributed by atoms with E-state index in [9.17, 15) is 8.42 Å². The van der Waals surface area contributed by atoms with E-state index in [1.54, 1.807) is 8.61 Å². The minimum atomic E-state index is -3.33. The van der Waals surface area contributed by atoms with Gasteiger partial charge >= 0.3 is 0 Å². The smallest absolute Gasteiger partial charge is 0.282 e. The van der Waals surface area contributed by atoms with Crippen molar-refractivity contribution < 1.29 is 13.2 Å². The summed E-state index contributed by atoms with van der Waals surface area (Å²) < 4.78 is 33.6. The van der Waals surface area contributed by atoms with Gasteiger partial charge in [0.1, 0.15) is 0 Å². The summed E-state index contributed by atoms with van der Waals surface area (Å²) in [5, 5.41) is 0. The Labute approximate surface area is 132 Å².